The molecule has 2 aromatic rings. The van der Waals surface area contributed by atoms with Crippen molar-refractivity contribution < 1.29 is 19.1 Å². The zero-order valence-electron chi connectivity index (χ0n) is 17.8. The molecule has 1 saturated carbocycles. The summed E-state index contributed by atoms with van der Waals surface area (Å²) in [5.41, 5.74) is 1.68. The van der Waals surface area contributed by atoms with Crippen molar-refractivity contribution >= 4 is 17.7 Å². The highest BCUT2D eigenvalue weighted by molar-refractivity contribution is 6.08. The number of benzene rings is 1. The van der Waals surface area contributed by atoms with E-state index in [2.05, 4.69) is 10.3 Å². The molecule has 1 fully saturated rings. The number of carbonyl (C=O) groups excluding carboxylic acids is 2. The second-order valence-corrected chi connectivity index (χ2v) is 8.97. The molecule has 2 heterocycles. The van der Waals surface area contributed by atoms with Crippen LogP contribution in [0.15, 0.2) is 42.7 Å². The molecular formula is C23H27N3O4. The summed E-state index contributed by atoms with van der Waals surface area (Å²) in [4.78, 5) is 31.6. The number of nitrogens with zero attached hydrogens (tertiary/aromatic N) is 2. The number of ether oxygens (including phenoxy) is 2. The summed E-state index contributed by atoms with van der Waals surface area (Å²) in [6, 6.07) is 9.53. The van der Waals surface area contributed by atoms with Crippen molar-refractivity contribution in [1.29, 1.82) is 0 Å². The van der Waals surface area contributed by atoms with Crippen molar-refractivity contribution in [3.05, 3.63) is 53.9 Å². The Morgan fingerprint density at radius 1 is 1.23 bits per heavy atom. The van der Waals surface area contributed by atoms with Crippen LogP contribution in [0.3, 0.4) is 0 Å². The molecule has 7 heteroatoms. The number of fused-ring (bicyclic) bond motifs is 2. The van der Waals surface area contributed by atoms with Gasteiger partial charge in [0.2, 0.25) is 5.91 Å². The number of pyridine rings is 1. The average Bonchev–Trinajstić information content (AvgIpc) is 2.90. The predicted molar refractivity (Wildman–Crippen MR) is 112 cm³/mol. The van der Waals surface area contributed by atoms with Crippen LogP contribution in [0.25, 0.3) is 0 Å². The molecule has 1 aliphatic carbocycles. The molecule has 2 aliphatic rings. The first-order chi connectivity index (χ1) is 14.2. The lowest BCUT2D eigenvalue weighted by atomic mass is 9.62. The van der Waals surface area contributed by atoms with Gasteiger partial charge in [-0.2, -0.15) is 0 Å². The van der Waals surface area contributed by atoms with Crippen LogP contribution in [0.2, 0.25) is 0 Å². The number of amides is 2. The number of hydrogen-bond donors (Lipinski definition) is 1. The van der Waals surface area contributed by atoms with Crippen LogP contribution in [-0.2, 0) is 21.5 Å². The summed E-state index contributed by atoms with van der Waals surface area (Å²) in [5, 5.41) is 2.89. The molecule has 0 radical (unpaired) electrons. The molecule has 7 nitrogen and oxygen atoms in total. The average molecular weight is 409 g/mol. The van der Waals surface area contributed by atoms with Gasteiger partial charge in [0.05, 0.1) is 31.0 Å². The number of alkyl carbamates (subject to hydrolysis) is 1. The summed E-state index contributed by atoms with van der Waals surface area (Å²) in [5.74, 6) is 0.837. The van der Waals surface area contributed by atoms with Gasteiger partial charge in [0.15, 0.2) is 0 Å². The highest BCUT2D eigenvalue weighted by Gasteiger charge is 2.58. The van der Waals surface area contributed by atoms with Gasteiger partial charge in [-0.1, -0.05) is 12.1 Å². The van der Waals surface area contributed by atoms with Crippen molar-refractivity contribution in [1.82, 2.24) is 10.3 Å². The third kappa shape index (κ3) is 3.60. The van der Waals surface area contributed by atoms with E-state index in [1.165, 1.54) is 0 Å². The summed E-state index contributed by atoms with van der Waals surface area (Å²) in [6.45, 7) is 5.95. The van der Waals surface area contributed by atoms with Crippen LogP contribution in [0.1, 0.15) is 44.7 Å². The molecule has 1 N–H and O–H groups in total. The number of aromatic nitrogens is 1. The fourth-order valence-electron chi connectivity index (χ4n) is 4.31. The third-order valence-electron chi connectivity index (χ3n) is 5.67. The first-order valence-corrected chi connectivity index (χ1v) is 10.1. The fraction of sp³-hybridized carbons (Fsp3) is 0.435. The molecule has 158 valence electrons. The fourth-order valence-corrected chi connectivity index (χ4v) is 4.31. The van der Waals surface area contributed by atoms with Crippen molar-refractivity contribution in [2.75, 3.05) is 12.0 Å². The lowest BCUT2D eigenvalue weighted by molar-refractivity contribution is -0.127. The molecule has 1 aromatic heterocycles. The molecule has 0 bridgehead atoms. The molecule has 1 aliphatic heterocycles. The lowest BCUT2D eigenvalue weighted by Crippen LogP contribution is -2.58. The van der Waals surface area contributed by atoms with Crippen LogP contribution >= 0.6 is 0 Å². The quantitative estimate of drug-likeness (QED) is 0.835. The van der Waals surface area contributed by atoms with Gasteiger partial charge in [0.25, 0.3) is 0 Å². The van der Waals surface area contributed by atoms with Crippen LogP contribution in [0.5, 0.6) is 5.75 Å². The molecule has 30 heavy (non-hydrogen) atoms. The van der Waals surface area contributed by atoms with E-state index in [1.807, 2.05) is 51.1 Å². The number of hydrogen-bond acceptors (Lipinski definition) is 5. The van der Waals surface area contributed by atoms with Gasteiger partial charge >= 0.3 is 6.09 Å². The highest BCUT2D eigenvalue weighted by Crippen LogP contribution is 2.53. The number of methoxy groups -OCH3 is 1. The normalized spacial score (nSPS) is 22.5. The largest absolute Gasteiger partial charge is 0.497 e. The van der Waals surface area contributed by atoms with Crippen LogP contribution in [-0.4, -0.2) is 35.7 Å². The zero-order chi connectivity index (χ0) is 21.5. The summed E-state index contributed by atoms with van der Waals surface area (Å²) in [6.07, 6.45) is 4.14. The van der Waals surface area contributed by atoms with E-state index >= 15 is 0 Å². The third-order valence-corrected chi connectivity index (χ3v) is 5.67. The van der Waals surface area contributed by atoms with E-state index in [-0.39, 0.29) is 11.9 Å². The van der Waals surface area contributed by atoms with E-state index < -0.39 is 17.1 Å². The van der Waals surface area contributed by atoms with Crippen molar-refractivity contribution in [3.63, 3.8) is 0 Å². The first kappa shape index (κ1) is 20.2. The van der Waals surface area contributed by atoms with Crippen molar-refractivity contribution in [2.24, 2.45) is 0 Å². The maximum Gasteiger partial charge on any atom is 0.407 e. The van der Waals surface area contributed by atoms with E-state index in [0.29, 0.717) is 19.4 Å². The Morgan fingerprint density at radius 2 is 1.93 bits per heavy atom. The smallest absolute Gasteiger partial charge is 0.407 e. The van der Waals surface area contributed by atoms with Crippen molar-refractivity contribution in [2.45, 2.75) is 57.2 Å². The summed E-state index contributed by atoms with van der Waals surface area (Å²) >= 11 is 0. The monoisotopic (exact) mass is 409 g/mol. The molecule has 2 amide bonds. The molecule has 0 saturated heterocycles. The molecule has 1 spiro atoms. The van der Waals surface area contributed by atoms with Gasteiger partial charge in [0.1, 0.15) is 11.4 Å². The highest BCUT2D eigenvalue weighted by atomic mass is 16.6. The van der Waals surface area contributed by atoms with Crippen LogP contribution in [0.4, 0.5) is 10.5 Å². The van der Waals surface area contributed by atoms with E-state index in [4.69, 9.17) is 9.47 Å². The number of nitrogens with one attached hydrogen (secondary N) is 1. The van der Waals surface area contributed by atoms with Gasteiger partial charge in [-0.3, -0.25) is 9.78 Å². The Balaban J connectivity index is 1.51. The second-order valence-electron chi connectivity index (χ2n) is 8.97. The Bertz CT molecular complexity index is 959. The predicted octanol–water partition coefficient (Wildman–Crippen LogP) is 3.56. The van der Waals surface area contributed by atoms with Gasteiger partial charge in [-0.15, -0.1) is 0 Å². The van der Waals surface area contributed by atoms with Gasteiger partial charge in [0, 0.05) is 12.2 Å². The molecule has 1 aromatic carbocycles. The Labute approximate surface area is 176 Å². The first-order valence-electron chi connectivity index (χ1n) is 10.1. The van der Waals surface area contributed by atoms with E-state index in [9.17, 15) is 9.59 Å². The second kappa shape index (κ2) is 7.31. The SMILES string of the molecule is COc1ccc(CN2C(=O)C3(CC(NC(=O)OC(C)(C)C)C3)c3ccncc32)cc1. The van der Waals surface area contributed by atoms with Gasteiger partial charge in [-0.25, -0.2) is 4.79 Å². The minimum atomic E-state index is -0.607. The minimum absolute atomic E-state index is 0.0588. The minimum Gasteiger partial charge on any atom is -0.497 e. The maximum absolute atomic E-state index is 13.5. The summed E-state index contributed by atoms with van der Waals surface area (Å²) < 4.78 is 10.6. The standard InChI is InChI=1S/C23H27N3O4/c1-22(2,3)30-21(28)25-16-11-23(12-16)18-9-10-24-13-19(18)26(20(23)27)14-15-5-7-17(29-4)8-6-15/h5-10,13,16H,11-12,14H2,1-4H3,(H,25,28). The maximum atomic E-state index is 13.5. The van der Waals surface area contributed by atoms with E-state index in [1.54, 1.807) is 24.4 Å². The van der Waals surface area contributed by atoms with Crippen LogP contribution in [0, 0.1) is 0 Å². The number of rotatable bonds is 4. The zero-order valence-corrected chi connectivity index (χ0v) is 17.8. The molecule has 0 unspecified atom stereocenters. The Kier molecular flexibility index (Phi) is 4.92. The molecule has 4 rings (SSSR count). The van der Waals surface area contributed by atoms with E-state index in [0.717, 1.165) is 22.6 Å². The number of carbonyl (C=O) groups is 2. The lowest BCUT2D eigenvalue weighted by Gasteiger charge is -2.44. The van der Waals surface area contributed by atoms with Gasteiger partial charge in [-0.05, 0) is 62.9 Å². The summed E-state index contributed by atoms with van der Waals surface area (Å²) in [7, 11) is 1.63. The Morgan fingerprint density at radius 3 is 2.57 bits per heavy atom. The molecule has 0 atom stereocenters. The molecular weight excluding hydrogens is 382 g/mol. The van der Waals surface area contributed by atoms with Crippen LogP contribution < -0.4 is 15.0 Å². The van der Waals surface area contributed by atoms with Crippen molar-refractivity contribution in [3.8, 4) is 5.75 Å². The van der Waals surface area contributed by atoms with Gasteiger partial charge < -0.3 is 19.7 Å². The topological polar surface area (TPSA) is 80.8 Å². The number of anilines is 1. The Hall–Kier alpha value is -3.09.